The zero-order chi connectivity index (χ0) is 26.7. The fourth-order valence-electron chi connectivity index (χ4n) is 5.02. The van der Waals surface area contributed by atoms with Gasteiger partial charge in [-0.3, -0.25) is 9.59 Å². The van der Waals surface area contributed by atoms with Gasteiger partial charge in [0.25, 0.3) is 5.91 Å². The van der Waals surface area contributed by atoms with Crippen LogP contribution in [0.2, 0.25) is 5.02 Å². The van der Waals surface area contributed by atoms with E-state index in [1.165, 1.54) is 0 Å². The normalized spacial score (nSPS) is 14.4. The third-order valence-electron chi connectivity index (χ3n) is 7.30. The Bertz CT molecular complexity index is 1480. The molecule has 0 saturated heterocycles. The van der Waals surface area contributed by atoms with Gasteiger partial charge in [-0.05, 0) is 79.4 Å². The van der Waals surface area contributed by atoms with Crippen molar-refractivity contribution in [3.8, 4) is 0 Å². The Morgan fingerprint density at radius 3 is 2.55 bits per heavy atom. The molecule has 196 valence electrons. The van der Waals surface area contributed by atoms with E-state index in [2.05, 4.69) is 48.8 Å². The third kappa shape index (κ3) is 5.71. The van der Waals surface area contributed by atoms with Gasteiger partial charge in [0.2, 0.25) is 11.9 Å². The largest absolute Gasteiger partial charge is 0.352 e. The topological polar surface area (TPSA) is 98.9 Å². The van der Waals surface area contributed by atoms with Crippen LogP contribution in [-0.2, 0) is 11.3 Å². The van der Waals surface area contributed by atoms with E-state index < -0.39 is 0 Å². The van der Waals surface area contributed by atoms with Crippen molar-refractivity contribution in [3.63, 3.8) is 0 Å². The number of aromatic nitrogens is 2. The zero-order valence-corrected chi connectivity index (χ0v) is 23.4. The Kier molecular flexibility index (Phi) is 7.72. The molecular formula is C29H29BrClN5O2. The summed E-state index contributed by atoms with van der Waals surface area (Å²) in [5.74, 6) is 0.433. The summed E-state index contributed by atoms with van der Waals surface area (Å²) in [6, 6.07) is 18.4. The second kappa shape index (κ2) is 11.2. The maximum Gasteiger partial charge on any atom is 0.255 e. The van der Waals surface area contributed by atoms with Crippen LogP contribution in [0, 0.1) is 5.41 Å². The molecule has 1 aliphatic carbocycles. The van der Waals surface area contributed by atoms with Gasteiger partial charge in [-0.1, -0.05) is 53.4 Å². The lowest BCUT2D eigenvalue weighted by atomic mass is 9.82. The van der Waals surface area contributed by atoms with Crippen LogP contribution in [0.3, 0.4) is 0 Å². The molecule has 0 aliphatic heterocycles. The zero-order valence-electron chi connectivity index (χ0n) is 21.0. The summed E-state index contributed by atoms with van der Waals surface area (Å²) < 4.78 is 0.943. The summed E-state index contributed by atoms with van der Waals surface area (Å²) in [6.45, 7) is 2.53. The lowest BCUT2D eigenvalue weighted by molar-refractivity contribution is -0.131. The van der Waals surface area contributed by atoms with E-state index in [4.69, 9.17) is 11.6 Å². The summed E-state index contributed by atoms with van der Waals surface area (Å²) in [6.07, 6.45) is 5.02. The molecule has 9 heteroatoms. The quantitative estimate of drug-likeness (QED) is 0.169. The number of fused-ring (bicyclic) bond motifs is 1. The number of carbonyl (C=O) groups excluding carboxylic acids is 2. The Balaban J connectivity index is 1.27. The molecule has 1 aromatic heterocycles. The van der Waals surface area contributed by atoms with Crippen LogP contribution in [0.1, 0.15) is 54.9 Å². The highest BCUT2D eigenvalue weighted by Gasteiger charge is 2.38. The van der Waals surface area contributed by atoms with Crippen LogP contribution < -0.4 is 16.0 Å². The van der Waals surface area contributed by atoms with Gasteiger partial charge in [0.05, 0.1) is 21.7 Å². The van der Waals surface area contributed by atoms with E-state index in [9.17, 15) is 9.59 Å². The van der Waals surface area contributed by atoms with Crippen molar-refractivity contribution in [1.82, 2.24) is 15.3 Å². The number of halogens is 2. The van der Waals surface area contributed by atoms with Gasteiger partial charge >= 0.3 is 0 Å². The van der Waals surface area contributed by atoms with E-state index in [0.717, 1.165) is 47.7 Å². The summed E-state index contributed by atoms with van der Waals surface area (Å²) >= 11 is 9.86. The van der Waals surface area contributed by atoms with Crippen molar-refractivity contribution in [2.45, 2.75) is 45.6 Å². The second-order valence-electron chi connectivity index (χ2n) is 9.74. The molecule has 4 N–H and O–H groups in total. The van der Waals surface area contributed by atoms with Crippen LogP contribution in [0.5, 0.6) is 0 Å². The third-order valence-corrected chi connectivity index (χ3v) is 8.16. The average Bonchev–Trinajstić information content (AvgIpc) is 3.57. The smallest absolute Gasteiger partial charge is 0.255 e. The van der Waals surface area contributed by atoms with Crippen molar-refractivity contribution in [2.75, 3.05) is 10.6 Å². The van der Waals surface area contributed by atoms with Gasteiger partial charge in [-0.15, -0.1) is 0 Å². The molecule has 1 aliphatic rings. The standard InChI is InChI=1S/C29H29BrClN5O2/c1-2-29(13-3-4-14-29)27(38)32-17-18-5-11-22(31)24(15-18)35-28-34-23-12-6-19(16-25(23)36-28)26(37)33-21-9-7-20(30)8-10-21/h5-12,15-16H,2-4,13-14,17H2,1H3,(H,32,38)(H,33,37)(H2,34,35,36). The summed E-state index contributed by atoms with van der Waals surface area (Å²) in [5.41, 5.74) is 4.05. The first kappa shape index (κ1) is 26.3. The van der Waals surface area contributed by atoms with Gasteiger partial charge in [0.1, 0.15) is 0 Å². The molecule has 3 aromatic carbocycles. The van der Waals surface area contributed by atoms with E-state index >= 15 is 0 Å². The van der Waals surface area contributed by atoms with E-state index in [-0.39, 0.29) is 17.2 Å². The first-order valence-corrected chi connectivity index (χ1v) is 13.9. The molecule has 1 saturated carbocycles. The monoisotopic (exact) mass is 593 g/mol. The van der Waals surface area contributed by atoms with Crippen molar-refractivity contribution < 1.29 is 9.59 Å². The molecule has 0 unspecified atom stereocenters. The van der Waals surface area contributed by atoms with Crippen molar-refractivity contribution in [3.05, 3.63) is 81.3 Å². The summed E-state index contributed by atoms with van der Waals surface area (Å²) in [7, 11) is 0. The molecule has 0 atom stereocenters. The Morgan fingerprint density at radius 1 is 1.05 bits per heavy atom. The number of amides is 2. The number of benzene rings is 3. The fraction of sp³-hybridized carbons (Fsp3) is 0.276. The number of rotatable bonds is 8. The minimum absolute atomic E-state index is 0.138. The van der Waals surface area contributed by atoms with Crippen LogP contribution in [0.4, 0.5) is 17.3 Å². The molecular weight excluding hydrogens is 566 g/mol. The molecule has 0 bridgehead atoms. The predicted molar refractivity (Wildman–Crippen MR) is 156 cm³/mol. The van der Waals surface area contributed by atoms with Crippen LogP contribution in [-0.4, -0.2) is 21.8 Å². The highest BCUT2D eigenvalue weighted by Crippen LogP contribution is 2.41. The van der Waals surface area contributed by atoms with Crippen LogP contribution in [0.25, 0.3) is 11.0 Å². The lowest BCUT2D eigenvalue weighted by Crippen LogP contribution is -2.38. The average molecular weight is 595 g/mol. The molecule has 38 heavy (non-hydrogen) atoms. The predicted octanol–water partition coefficient (Wildman–Crippen LogP) is 7.56. The van der Waals surface area contributed by atoms with E-state index in [0.29, 0.717) is 40.0 Å². The summed E-state index contributed by atoms with van der Waals surface area (Å²) in [4.78, 5) is 33.5. The van der Waals surface area contributed by atoms with E-state index in [1.54, 1.807) is 18.2 Å². The highest BCUT2D eigenvalue weighted by atomic mass is 79.9. The maximum atomic E-state index is 12.9. The first-order valence-electron chi connectivity index (χ1n) is 12.8. The van der Waals surface area contributed by atoms with Crippen molar-refractivity contribution >= 4 is 67.7 Å². The van der Waals surface area contributed by atoms with Crippen LogP contribution in [0.15, 0.2) is 65.1 Å². The highest BCUT2D eigenvalue weighted by molar-refractivity contribution is 9.10. The lowest BCUT2D eigenvalue weighted by Gasteiger charge is -2.26. The fourth-order valence-corrected chi connectivity index (χ4v) is 5.44. The minimum atomic E-state index is -0.226. The molecule has 1 fully saturated rings. The van der Waals surface area contributed by atoms with Crippen molar-refractivity contribution in [1.29, 1.82) is 0 Å². The molecule has 7 nitrogen and oxygen atoms in total. The number of hydrogen-bond acceptors (Lipinski definition) is 4. The number of carbonyl (C=O) groups is 2. The van der Waals surface area contributed by atoms with Gasteiger partial charge < -0.3 is 20.9 Å². The van der Waals surface area contributed by atoms with E-state index in [1.807, 2.05) is 42.5 Å². The van der Waals surface area contributed by atoms with Gasteiger partial charge in [-0.25, -0.2) is 4.98 Å². The molecule has 1 heterocycles. The molecule has 0 spiro atoms. The molecule has 4 aromatic rings. The summed E-state index contributed by atoms with van der Waals surface area (Å²) in [5, 5.41) is 9.80. The second-order valence-corrected chi connectivity index (χ2v) is 11.1. The number of aromatic amines is 1. The Hall–Kier alpha value is -3.36. The minimum Gasteiger partial charge on any atom is -0.352 e. The number of imidazole rings is 1. The first-order chi connectivity index (χ1) is 18.3. The molecule has 0 radical (unpaired) electrons. The number of nitrogens with zero attached hydrogens (tertiary/aromatic N) is 1. The van der Waals surface area contributed by atoms with Gasteiger partial charge in [0, 0.05) is 27.7 Å². The molecule has 5 rings (SSSR count). The number of hydrogen-bond donors (Lipinski definition) is 4. The SMILES string of the molecule is CCC1(C(=O)NCc2ccc(Cl)c(Nc3nc4ccc(C(=O)Nc5ccc(Br)cc5)cc4[nH]3)c2)CCCC1. The maximum absolute atomic E-state index is 12.9. The van der Waals surface area contributed by atoms with Gasteiger partial charge in [0.15, 0.2) is 0 Å². The van der Waals surface area contributed by atoms with Crippen LogP contribution >= 0.6 is 27.5 Å². The Morgan fingerprint density at radius 2 is 1.82 bits per heavy atom. The number of anilines is 3. The van der Waals surface area contributed by atoms with Crippen molar-refractivity contribution in [2.24, 2.45) is 5.41 Å². The molecule has 2 amide bonds. The number of H-pyrrole nitrogens is 1. The number of nitrogens with one attached hydrogen (secondary N) is 4. The van der Waals surface area contributed by atoms with Gasteiger partial charge in [-0.2, -0.15) is 0 Å². The Labute approximate surface area is 234 Å².